The third-order valence-corrected chi connectivity index (χ3v) is 6.67. The van der Waals surface area contributed by atoms with Crippen LogP contribution < -0.4 is 5.14 Å². The van der Waals surface area contributed by atoms with Crippen molar-refractivity contribution in [3.8, 4) is 0 Å². The van der Waals surface area contributed by atoms with Gasteiger partial charge >= 0.3 is 0 Å². The number of nitrogens with zero attached hydrogens (tertiary/aromatic N) is 1. The van der Waals surface area contributed by atoms with E-state index >= 15 is 0 Å². The number of rotatable bonds is 3. The first kappa shape index (κ1) is 14.9. The summed E-state index contributed by atoms with van der Waals surface area (Å²) in [5.41, 5.74) is 0. The first-order valence-electron chi connectivity index (χ1n) is 5.48. The van der Waals surface area contributed by atoms with Crippen LogP contribution in [0.2, 0.25) is 0 Å². The summed E-state index contributed by atoms with van der Waals surface area (Å²) in [7, 11) is -7.37. The average molecular weight is 369 g/mol. The molecule has 0 saturated carbocycles. The van der Waals surface area contributed by atoms with Gasteiger partial charge < -0.3 is 0 Å². The molecule has 1 aromatic carbocycles. The third kappa shape index (κ3) is 3.16. The molecule has 0 spiro atoms. The molecule has 9 heteroatoms. The second-order valence-corrected chi connectivity index (χ2v) is 9.02. The number of hydrogen-bond acceptors (Lipinski definition) is 4. The van der Waals surface area contributed by atoms with Crippen molar-refractivity contribution >= 4 is 36.0 Å². The van der Waals surface area contributed by atoms with E-state index < -0.39 is 25.3 Å². The van der Waals surface area contributed by atoms with Gasteiger partial charge in [0, 0.05) is 17.6 Å². The van der Waals surface area contributed by atoms with Crippen molar-refractivity contribution in [2.24, 2.45) is 5.14 Å². The van der Waals surface area contributed by atoms with Crippen molar-refractivity contribution in [1.82, 2.24) is 4.31 Å². The minimum atomic E-state index is -3.70. The monoisotopic (exact) mass is 368 g/mol. The van der Waals surface area contributed by atoms with E-state index in [0.717, 1.165) is 4.31 Å². The summed E-state index contributed by atoms with van der Waals surface area (Å²) < 4.78 is 49.0. The molecule has 0 aliphatic carbocycles. The lowest BCUT2D eigenvalue weighted by molar-refractivity contribution is 0.476. The lowest BCUT2D eigenvalue weighted by atomic mass is 10.4. The lowest BCUT2D eigenvalue weighted by Crippen LogP contribution is -2.34. The standard InChI is InChI=1S/C10H13BrN2O4S2/c11-8-2-1-3-9(6-8)19(16,17)13-5-4-10(7-13)18(12,14)15/h1-3,6,10H,4-5,7H2,(H2,12,14,15). The number of hydrogen-bond donors (Lipinski definition) is 1. The number of halogens is 1. The van der Waals surface area contributed by atoms with Gasteiger partial charge in [-0.3, -0.25) is 0 Å². The Morgan fingerprint density at radius 1 is 1.26 bits per heavy atom. The molecule has 1 atom stereocenters. The Kier molecular flexibility index (Phi) is 4.03. The number of primary sulfonamides is 1. The summed E-state index contributed by atoms with van der Waals surface area (Å²) in [4.78, 5) is 0.136. The van der Waals surface area contributed by atoms with Crippen LogP contribution in [0.3, 0.4) is 0 Å². The summed E-state index contributed by atoms with van der Waals surface area (Å²) in [6, 6.07) is 6.30. The molecule has 1 aliphatic rings. The van der Waals surface area contributed by atoms with Crippen LogP contribution in [-0.2, 0) is 20.0 Å². The predicted octanol–water partition coefficient (Wildman–Crippen LogP) is 0.501. The number of nitrogens with two attached hydrogens (primary N) is 1. The highest BCUT2D eigenvalue weighted by atomic mass is 79.9. The molecule has 6 nitrogen and oxygen atoms in total. The van der Waals surface area contributed by atoms with Gasteiger partial charge in [0.25, 0.3) is 0 Å². The minimum Gasteiger partial charge on any atom is -0.228 e. The molecule has 0 bridgehead atoms. The summed E-state index contributed by atoms with van der Waals surface area (Å²) in [6.45, 7) is 0.0730. The zero-order chi connectivity index (χ0) is 14.3. The molecule has 19 heavy (non-hydrogen) atoms. The maximum absolute atomic E-state index is 12.3. The maximum Gasteiger partial charge on any atom is 0.243 e. The van der Waals surface area contributed by atoms with E-state index in [1.807, 2.05) is 0 Å². The molecule has 2 rings (SSSR count). The van der Waals surface area contributed by atoms with Gasteiger partial charge in [0.15, 0.2) is 0 Å². The van der Waals surface area contributed by atoms with Gasteiger partial charge in [-0.15, -0.1) is 0 Å². The van der Waals surface area contributed by atoms with Gasteiger partial charge in [-0.2, -0.15) is 4.31 Å². The van der Waals surface area contributed by atoms with Crippen molar-refractivity contribution in [1.29, 1.82) is 0 Å². The normalized spacial score (nSPS) is 21.7. The zero-order valence-corrected chi connectivity index (χ0v) is 13.1. The Labute approximate surface area is 120 Å². The molecule has 1 aliphatic heterocycles. The van der Waals surface area contributed by atoms with Crippen LogP contribution in [0.15, 0.2) is 33.6 Å². The van der Waals surface area contributed by atoms with E-state index in [1.165, 1.54) is 12.1 Å². The molecule has 1 fully saturated rings. The molecule has 0 amide bonds. The summed E-state index contributed by atoms with van der Waals surface area (Å²) >= 11 is 3.21. The topological polar surface area (TPSA) is 97.5 Å². The largest absolute Gasteiger partial charge is 0.243 e. The van der Waals surface area contributed by atoms with E-state index in [4.69, 9.17) is 5.14 Å². The Bertz CT molecular complexity index is 687. The summed E-state index contributed by atoms with van der Waals surface area (Å²) in [6.07, 6.45) is 0.228. The lowest BCUT2D eigenvalue weighted by Gasteiger charge is -2.16. The second kappa shape index (κ2) is 5.13. The zero-order valence-electron chi connectivity index (χ0n) is 9.86. The first-order chi connectivity index (χ1) is 8.71. The number of sulfonamides is 2. The van der Waals surface area contributed by atoms with Crippen LogP contribution in [0.1, 0.15) is 6.42 Å². The summed E-state index contributed by atoms with van der Waals surface area (Å²) in [5, 5.41) is 4.23. The van der Waals surface area contributed by atoms with E-state index in [-0.39, 0.29) is 24.4 Å². The van der Waals surface area contributed by atoms with Crippen LogP contribution in [0.25, 0.3) is 0 Å². The molecular weight excluding hydrogens is 356 g/mol. The highest BCUT2D eigenvalue weighted by Gasteiger charge is 2.37. The van der Waals surface area contributed by atoms with Crippen LogP contribution in [0.4, 0.5) is 0 Å². The van der Waals surface area contributed by atoms with Gasteiger partial charge in [0.2, 0.25) is 20.0 Å². The van der Waals surface area contributed by atoms with Crippen LogP contribution in [-0.4, -0.2) is 39.5 Å². The van der Waals surface area contributed by atoms with Crippen LogP contribution in [0, 0.1) is 0 Å². The van der Waals surface area contributed by atoms with E-state index in [0.29, 0.717) is 4.47 Å². The molecule has 106 valence electrons. The van der Waals surface area contributed by atoms with Crippen LogP contribution in [0.5, 0.6) is 0 Å². The Morgan fingerprint density at radius 3 is 2.47 bits per heavy atom. The molecule has 0 radical (unpaired) electrons. The molecule has 1 aromatic rings. The Morgan fingerprint density at radius 2 is 1.95 bits per heavy atom. The fourth-order valence-electron chi connectivity index (χ4n) is 1.96. The quantitative estimate of drug-likeness (QED) is 0.839. The third-order valence-electron chi connectivity index (χ3n) is 3.01. The maximum atomic E-state index is 12.3. The Hall–Kier alpha value is -0.480. The summed E-state index contributed by atoms with van der Waals surface area (Å²) in [5.74, 6) is 0. The van der Waals surface area contributed by atoms with Crippen molar-refractivity contribution in [2.45, 2.75) is 16.6 Å². The second-order valence-electron chi connectivity index (χ2n) is 4.32. The minimum absolute atomic E-state index is 0.0896. The highest BCUT2D eigenvalue weighted by Crippen LogP contribution is 2.25. The smallest absolute Gasteiger partial charge is 0.228 e. The average Bonchev–Trinajstić information content (AvgIpc) is 2.78. The van der Waals surface area contributed by atoms with Crippen molar-refractivity contribution in [3.05, 3.63) is 28.7 Å². The van der Waals surface area contributed by atoms with Gasteiger partial charge in [-0.25, -0.2) is 22.0 Å². The van der Waals surface area contributed by atoms with Crippen LogP contribution >= 0.6 is 15.9 Å². The van der Waals surface area contributed by atoms with Crippen molar-refractivity contribution < 1.29 is 16.8 Å². The molecule has 1 unspecified atom stereocenters. The number of benzene rings is 1. The van der Waals surface area contributed by atoms with Gasteiger partial charge in [-0.1, -0.05) is 22.0 Å². The predicted molar refractivity (Wildman–Crippen MR) is 74.4 cm³/mol. The van der Waals surface area contributed by atoms with E-state index in [2.05, 4.69) is 15.9 Å². The van der Waals surface area contributed by atoms with E-state index in [9.17, 15) is 16.8 Å². The Balaban J connectivity index is 2.28. The van der Waals surface area contributed by atoms with Gasteiger partial charge in [-0.05, 0) is 24.6 Å². The van der Waals surface area contributed by atoms with Gasteiger partial charge in [0.1, 0.15) is 0 Å². The molecule has 0 aromatic heterocycles. The SMILES string of the molecule is NS(=O)(=O)C1CCN(S(=O)(=O)c2cccc(Br)c2)C1. The highest BCUT2D eigenvalue weighted by molar-refractivity contribution is 9.10. The molecule has 1 heterocycles. The van der Waals surface area contributed by atoms with Crippen molar-refractivity contribution in [3.63, 3.8) is 0 Å². The van der Waals surface area contributed by atoms with E-state index in [1.54, 1.807) is 12.1 Å². The fraction of sp³-hybridized carbons (Fsp3) is 0.400. The molecular formula is C10H13BrN2O4S2. The van der Waals surface area contributed by atoms with Gasteiger partial charge in [0.05, 0.1) is 10.1 Å². The fourth-order valence-corrected chi connectivity index (χ4v) is 4.97. The molecule has 2 N–H and O–H groups in total. The first-order valence-corrected chi connectivity index (χ1v) is 9.33. The van der Waals surface area contributed by atoms with Crippen molar-refractivity contribution in [2.75, 3.05) is 13.1 Å². The molecule has 1 saturated heterocycles.